The molecule has 0 saturated heterocycles. The summed E-state index contributed by atoms with van der Waals surface area (Å²) in [6.45, 7) is 0. The van der Waals surface area contributed by atoms with E-state index in [-0.39, 0.29) is 5.88 Å². The van der Waals surface area contributed by atoms with E-state index in [1.807, 2.05) is 0 Å². The normalized spacial score (nSPS) is 12.3. The molecular weight excluding hydrogens is 215 g/mol. The molecule has 0 N–H and O–H groups in total. The van der Waals surface area contributed by atoms with Crippen molar-refractivity contribution in [1.29, 1.82) is 0 Å². The first-order valence-corrected chi connectivity index (χ1v) is 4.33. The zero-order valence-electron chi connectivity index (χ0n) is 7.05. The van der Waals surface area contributed by atoms with Crippen LogP contribution in [0.1, 0.15) is 11.3 Å². The van der Waals surface area contributed by atoms with Crippen molar-refractivity contribution in [1.82, 2.24) is 4.98 Å². The minimum absolute atomic E-state index is 0.268. The van der Waals surface area contributed by atoms with Gasteiger partial charge in [0, 0.05) is 12.1 Å². The van der Waals surface area contributed by atoms with Crippen LogP contribution in [0.2, 0.25) is 0 Å². The topological polar surface area (TPSA) is 12.9 Å². The third-order valence-electron chi connectivity index (χ3n) is 1.47. The van der Waals surface area contributed by atoms with E-state index in [1.165, 1.54) is 12.1 Å². The summed E-state index contributed by atoms with van der Waals surface area (Å²) in [7, 11) is 0. The van der Waals surface area contributed by atoms with Crippen LogP contribution in [0.25, 0.3) is 6.08 Å². The summed E-state index contributed by atoms with van der Waals surface area (Å²) in [5.41, 5.74) is -0.456. The Morgan fingerprint density at radius 3 is 2.71 bits per heavy atom. The predicted octanol–water partition coefficient (Wildman–Crippen LogP) is 3.35. The van der Waals surface area contributed by atoms with Crippen LogP contribution in [0.5, 0.6) is 0 Å². The second-order valence-corrected chi connectivity index (χ2v) is 2.84. The molecule has 0 spiro atoms. The van der Waals surface area contributed by atoms with Gasteiger partial charge in [0.15, 0.2) is 0 Å². The average molecular weight is 222 g/mol. The summed E-state index contributed by atoms with van der Waals surface area (Å²) >= 11 is 5.36. The van der Waals surface area contributed by atoms with Gasteiger partial charge in [-0.2, -0.15) is 13.2 Å². The van der Waals surface area contributed by atoms with Crippen LogP contribution < -0.4 is 0 Å². The Bertz CT molecular complexity index is 333. The van der Waals surface area contributed by atoms with E-state index in [1.54, 1.807) is 6.08 Å². The van der Waals surface area contributed by atoms with Gasteiger partial charge in [-0.25, -0.2) is 0 Å². The largest absolute Gasteiger partial charge is 0.433 e. The van der Waals surface area contributed by atoms with E-state index in [0.29, 0.717) is 5.56 Å². The Labute approximate surface area is 84.2 Å². The summed E-state index contributed by atoms with van der Waals surface area (Å²) in [4.78, 5) is 3.23. The number of pyridine rings is 1. The second kappa shape index (κ2) is 4.46. The Kier molecular flexibility index (Phi) is 3.52. The smallest absolute Gasteiger partial charge is 0.252 e. The van der Waals surface area contributed by atoms with Crippen molar-refractivity contribution in [3.8, 4) is 0 Å². The minimum Gasteiger partial charge on any atom is -0.252 e. The zero-order valence-corrected chi connectivity index (χ0v) is 7.81. The summed E-state index contributed by atoms with van der Waals surface area (Å²) in [5, 5.41) is 0. The molecule has 1 aromatic heterocycles. The molecule has 0 aliphatic heterocycles. The van der Waals surface area contributed by atoms with Crippen LogP contribution in [0.15, 0.2) is 24.4 Å². The van der Waals surface area contributed by atoms with Gasteiger partial charge < -0.3 is 0 Å². The first-order chi connectivity index (χ1) is 6.54. The molecule has 0 aliphatic carbocycles. The van der Waals surface area contributed by atoms with Crippen LogP contribution in [-0.4, -0.2) is 10.9 Å². The maximum Gasteiger partial charge on any atom is 0.433 e. The van der Waals surface area contributed by atoms with E-state index < -0.39 is 11.9 Å². The van der Waals surface area contributed by atoms with E-state index in [9.17, 15) is 13.2 Å². The summed E-state index contributed by atoms with van der Waals surface area (Å²) in [6, 6.07) is 2.46. The summed E-state index contributed by atoms with van der Waals surface area (Å²) in [5.74, 6) is 0.268. The SMILES string of the molecule is FC(F)(F)c1cc(C=CCCl)ccn1. The van der Waals surface area contributed by atoms with Crippen LogP contribution in [0, 0.1) is 0 Å². The lowest BCUT2D eigenvalue weighted by Gasteiger charge is -2.05. The molecule has 5 heteroatoms. The van der Waals surface area contributed by atoms with Gasteiger partial charge in [-0.1, -0.05) is 12.2 Å². The van der Waals surface area contributed by atoms with Crippen molar-refractivity contribution >= 4 is 17.7 Å². The highest BCUT2D eigenvalue weighted by molar-refractivity contribution is 6.19. The number of rotatable bonds is 2. The first kappa shape index (κ1) is 11.0. The van der Waals surface area contributed by atoms with Gasteiger partial charge in [0.25, 0.3) is 0 Å². The molecule has 14 heavy (non-hydrogen) atoms. The fourth-order valence-electron chi connectivity index (χ4n) is 0.886. The zero-order chi connectivity index (χ0) is 10.6. The van der Waals surface area contributed by atoms with E-state index in [4.69, 9.17) is 11.6 Å². The third kappa shape index (κ3) is 3.03. The number of allylic oxidation sites excluding steroid dienone is 1. The quantitative estimate of drug-likeness (QED) is 0.698. The molecule has 0 bridgehead atoms. The lowest BCUT2D eigenvalue weighted by atomic mass is 10.2. The molecule has 76 valence electrons. The number of aromatic nitrogens is 1. The van der Waals surface area contributed by atoms with Crippen LogP contribution >= 0.6 is 11.6 Å². The molecule has 0 aromatic carbocycles. The molecule has 0 fully saturated rings. The van der Waals surface area contributed by atoms with E-state index >= 15 is 0 Å². The molecule has 0 atom stereocenters. The van der Waals surface area contributed by atoms with Gasteiger partial charge in [0.05, 0.1) is 0 Å². The van der Waals surface area contributed by atoms with Crippen molar-refractivity contribution in [3.05, 3.63) is 35.7 Å². The molecule has 0 unspecified atom stereocenters. The van der Waals surface area contributed by atoms with Crippen LogP contribution in [-0.2, 0) is 6.18 Å². The Morgan fingerprint density at radius 2 is 2.14 bits per heavy atom. The minimum atomic E-state index is -4.40. The van der Waals surface area contributed by atoms with Crippen molar-refractivity contribution in [2.75, 3.05) is 5.88 Å². The standard InChI is InChI=1S/C9H7ClF3N/c10-4-1-2-7-3-5-14-8(6-7)9(11,12)13/h1-3,5-6H,4H2. The molecule has 0 radical (unpaired) electrons. The highest BCUT2D eigenvalue weighted by Gasteiger charge is 2.32. The predicted molar refractivity (Wildman–Crippen MR) is 49.0 cm³/mol. The molecule has 1 heterocycles. The number of hydrogen-bond donors (Lipinski definition) is 0. The van der Waals surface area contributed by atoms with Crippen LogP contribution in [0.4, 0.5) is 13.2 Å². The van der Waals surface area contributed by atoms with Gasteiger partial charge in [-0.05, 0) is 17.7 Å². The highest BCUT2D eigenvalue weighted by atomic mass is 35.5. The average Bonchev–Trinajstić information content (AvgIpc) is 2.14. The number of alkyl halides is 4. The molecule has 0 aliphatic rings. The van der Waals surface area contributed by atoms with Gasteiger partial charge in [0.1, 0.15) is 5.69 Å². The van der Waals surface area contributed by atoms with Crippen molar-refractivity contribution < 1.29 is 13.2 Å². The fourth-order valence-corrected chi connectivity index (χ4v) is 0.975. The van der Waals surface area contributed by atoms with Gasteiger partial charge in [0.2, 0.25) is 0 Å². The molecule has 0 saturated carbocycles. The lowest BCUT2D eigenvalue weighted by Crippen LogP contribution is -2.07. The van der Waals surface area contributed by atoms with Gasteiger partial charge >= 0.3 is 6.18 Å². The van der Waals surface area contributed by atoms with Gasteiger partial charge in [-0.3, -0.25) is 4.98 Å². The molecule has 1 aromatic rings. The Morgan fingerprint density at radius 1 is 1.43 bits per heavy atom. The summed E-state index contributed by atoms with van der Waals surface area (Å²) in [6.07, 6.45) is -0.192. The maximum absolute atomic E-state index is 12.2. The van der Waals surface area contributed by atoms with Gasteiger partial charge in [-0.15, -0.1) is 11.6 Å². The molecule has 0 amide bonds. The van der Waals surface area contributed by atoms with Crippen LogP contribution in [0.3, 0.4) is 0 Å². The van der Waals surface area contributed by atoms with E-state index in [2.05, 4.69) is 4.98 Å². The highest BCUT2D eigenvalue weighted by Crippen LogP contribution is 2.27. The molecule has 1 nitrogen and oxygen atoms in total. The number of halogens is 4. The fraction of sp³-hybridized carbons (Fsp3) is 0.222. The number of hydrogen-bond acceptors (Lipinski definition) is 1. The van der Waals surface area contributed by atoms with E-state index in [0.717, 1.165) is 12.3 Å². The summed E-state index contributed by atoms with van der Waals surface area (Å²) < 4.78 is 36.5. The first-order valence-electron chi connectivity index (χ1n) is 3.80. The molecule has 1 rings (SSSR count). The monoisotopic (exact) mass is 221 g/mol. The van der Waals surface area contributed by atoms with Crippen molar-refractivity contribution in [2.45, 2.75) is 6.18 Å². The third-order valence-corrected chi connectivity index (χ3v) is 1.65. The molecular formula is C9H7ClF3N. The van der Waals surface area contributed by atoms with Crippen molar-refractivity contribution in [2.24, 2.45) is 0 Å². The number of nitrogens with zero attached hydrogens (tertiary/aromatic N) is 1. The van der Waals surface area contributed by atoms with Crippen molar-refractivity contribution in [3.63, 3.8) is 0 Å². The second-order valence-electron chi connectivity index (χ2n) is 2.53. The Hall–Kier alpha value is -1.03. The Balaban J connectivity index is 2.96. The maximum atomic E-state index is 12.2. The lowest BCUT2D eigenvalue weighted by molar-refractivity contribution is -0.141.